The lowest BCUT2D eigenvalue weighted by Crippen LogP contribution is -2.30. The number of rotatable bonds is 5. The molecule has 3 heterocycles. The Kier molecular flexibility index (Phi) is 5.29. The number of hydrogen-bond acceptors (Lipinski definition) is 7. The maximum absolute atomic E-state index is 12.8. The van der Waals surface area contributed by atoms with Crippen LogP contribution in [0.5, 0.6) is 0 Å². The molecule has 0 saturated heterocycles. The number of allylic oxidation sites excluding steroid dienone is 1. The molecule has 1 aliphatic heterocycles. The highest BCUT2D eigenvalue weighted by Gasteiger charge is 2.36. The van der Waals surface area contributed by atoms with E-state index < -0.39 is 11.9 Å². The molecule has 0 radical (unpaired) electrons. The summed E-state index contributed by atoms with van der Waals surface area (Å²) in [6.45, 7) is 5.85. The summed E-state index contributed by atoms with van der Waals surface area (Å²) >= 11 is 2.97. The van der Waals surface area contributed by atoms with Gasteiger partial charge >= 0.3 is 5.97 Å². The first-order chi connectivity index (χ1) is 12.1. The first-order valence-corrected chi connectivity index (χ1v) is 9.88. The van der Waals surface area contributed by atoms with Crippen molar-refractivity contribution in [3.63, 3.8) is 0 Å². The van der Waals surface area contributed by atoms with Gasteiger partial charge in [0, 0.05) is 10.6 Å². The van der Waals surface area contributed by atoms with Gasteiger partial charge in [0.1, 0.15) is 5.82 Å². The lowest BCUT2D eigenvalue weighted by atomic mass is 9.86. The molecule has 2 aromatic rings. The molecule has 6 nitrogen and oxygen atoms in total. The molecule has 0 bridgehead atoms. The predicted octanol–water partition coefficient (Wildman–Crippen LogP) is 3.34. The van der Waals surface area contributed by atoms with Crippen molar-refractivity contribution < 1.29 is 9.53 Å². The number of fused-ring (bicyclic) bond motifs is 1. The van der Waals surface area contributed by atoms with Crippen LogP contribution in [0.2, 0.25) is 0 Å². The fourth-order valence-corrected chi connectivity index (χ4v) is 4.29. The molecule has 8 heteroatoms. The second-order valence-corrected chi connectivity index (χ2v) is 7.63. The van der Waals surface area contributed by atoms with Gasteiger partial charge in [-0.2, -0.15) is 0 Å². The van der Waals surface area contributed by atoms with Crippen LogP contribution in [0.3, 0.4) is 0 Å². The molecule has 0 aromatic carbocycles. The maximum atomic E-state index is 12.8. The molecule has 132 valence electrons. The molecular formula is C17H19N3O3S2. The summed E-state index contributed by atoms with van der Waals surface area (Å²) in [5.41, 5.74) is 1.34. The number of esters is 1. The Labute approximate surface area is 153 Å². The van der Waals surface area contributed by atoms with Crippen molar-refractivity contribution in [2.24, 2.45) is 0 Å². The van der Waals surface area contributed by atoms with Crippen molar-refractivity contribution >= 4 is 34.9 Å². The van der Waals surface area contributed by atoms with Crippen LogP contribution in [0.1, 0.15) is 37.1 Å². The number of anilines is 1. The minimum atomic E-state index is -0.479. The third-order valence-electron chi connectivity index (χ3n) is 3.82. The summed E-state index contributed by atoms with van der Waals surface area (Å²) in [5, 5.41) is 5.61. The number of carbonyl (C=O) groups is 1. The summed E-state index contributed by atoms with van der Waals surface area (Å²) in [6, 6.07) is 3.83. The number of thiophene rings is 1. The van der Waals surface area contributed by atoms with Crippen LogP contribution in [0.15, 0.2) is 38.7 Å². The summed E-state index contributed by atoms with van der Waals surface area (Å²) in [4.78, 5) is 33.6. The van der Waals surface area contributed by atoms with E-state index in [1.165, 1.54) is 23.1 Å². The van der Waals surface area contributed by atoms with Crippen molar-refractivity contribution in [2.75, 3.05) is 17.7 Å². The van der Waals surface area contributed by atoms with Gasteiger partial charge in [-0.3, -0.25) is 4.79 Å². The zero-order valence-electron chi connectivity index (χ0n) is 14.2. The normalized spacial score (nSPS) is 16.4. The molecule has 0 amide bonds. The molecule has 0 fully saturated rings. The maximum Gasteiger partial charge on any atom is 0.336 e. The highest BCUT2D eigenvalue weighted by molar-refractivity contribution is 7.99. The van der Waals surface area contributed by atoms with E-state index in [4.69, 9.17) is 4.74 Å². The summed E-state index contributed by atoms with van der Waals surface area (Å²) in [5.74, 6) is 0.415. The fraction of sp³-hybridized carbons (Fsp3) is 0.353. The average molecular weight is 377 g/mol. The predicted molar refractivity (Wildman–Crippen MR) is 100 cm³/mol. The molecule has 3 rings (SSSR count). The highest BCUT2D eigenvalue weighted by Crippen LogP contribution is 2.41. The third-order valence-corrected chi connectivity index (χ3v) is 5.52. The molecule has 1 unspecified atom stereocenters. The van der Waals surface area contributed by atoms with Gasteiger partial charge in [0.2, 0.25) is 0 Å². The van der Waals surface area contributed by atoms with Gasteiger partial charge in [0.25, 0.3) is 5.56 Å². The van der Waals surface area contributed by atoms with E-state index in [0.29, 0.717) is 27.8 Å². The van der Waals surface area contributed by atoms with E-state index in [0.717, 1.165) is 10.6 Å². The van der Waals surface area contributed by atoms with Gasteiger partial charge in [-0.05, 0) is 31.0 Å². The number of thioether (sulfide) groups is 1. The van der Waals surface area contributed by atoms with E-state index in [1.54, 1.807) is 6.92 Å². The zero-order valence-corrected chi connectivity index (χ0v) is 15.8. The van der Waals surface area contributed by atoms with Crippen molar-refractivity contribution in [1.82, 2.24) is 9.97 Å². The molecule has 1 atom stereocenters. The van der Waals surface area contributed by atoms with Crippen LogP contribution in [0.4, 0.5) is 5.82 Å². The molecule has 0 aliphatic carbocycles. The quantitative estimate of drug-likeness (QED) is 0.472. The number of H-pyrrole nitrogens is 1. The topological polar surface area (TPSA) is 84.1 Å². The van der Waals surface area contributed by atoms with Crippen LogP contribution in [-0.2, 0) is 9.53 Å². The SMILES string of the molecule is CCOC(=O)C1=C(C)Nc2nc(SCC)[nH]c(=O)c2C1c1cccs1. The zero-order chi connectivity index (χ0) is 18.0. The Balaban J connectivity index is 2.19. The molecular weight excluding hydrogens is 358 g/mol. The van der Waals surface area contributed by atoms with E-state index >= 15 is 0 Å². The number of ether oxygens (including phenoxy) is 1. The first kappa shape index (κ1) is 17.8. The second kappa shape index (κ2) is 7.45. The number of carbonyl (C=O) groups excluding carboxylic acids is 1. The minimum absolute atomic E-state index is 0.235. The largest absolute Gasteiger partial charge is 0.463 e. The first-order valence-electron chi connectivity index (χ1n) is 8.02. The molecule has 1 aliphatic rings. The fourth-order valence-electron chi connectivity index (χ4n) is 2.86. The van der Waals surface area contributed by atoms with Crippen LogP contribution in [0.25, 0.3) is 0 Å². The smallest absolute Gasteiger partial charge is 0.336 e. The highest BCUT2D eigenvalue weighted by atomic mass is 32.2. The Morgan fingerprint density at radius 1 is 1.44 bits per heavy atom. The lowest BCUT2D eigenvalue weighted by molar-refractivity contribution is -0.138. The lowest BCUT2D eigenvalue weighted by Gasteiger charge is -2.27. The average Bonchev–Trinajstić information content (AvgIpc) is 3.08. The Bertz CT molecular complexity index is 872. The number of hydrogen-bond donors (Lipinski definition) is 2. The number of nitrogens with zero attached hydrogens (tertiary/aromatic N) is 1. The van der Waals surface area contributed by atoms with Gasteiger partial charge in [-0.15, -0.1) is 11.3 Å². The summed E-state index contributed by atoms with van der Waals surface area (Å²) in [6.07, 6.45) is 0. The standard InChI is InChI=1S/C17H19N3O3S2/c1-4-23-16(22)11-9(3)18-14-13(12(11)10-7-6-8-25-10)15(21)20-17(19-14)24-5-2/h6-8,12H,4-5H2,1-3H3,(H2,18,19,20,21). The molecule has 2 N–H and O–H groups in total. The number of aromatic nitrogens is 2. The van der Waals surface area contributed by atoms with E-state index in [-0.39, 0.29) is 12.2 Å². The van der Waals surface area contributed by atoms with Crippen LogP contribution in [0, 0.1) is 0 Å². The summed E-state index contributed by atoms with van der Waals surface area (Å²) in [7, 11) is 0. The van der Waals surface area contributed by atoms with E-state index in [9.17, 15) is 9.59 Å². The Hall–Kier alpha value is -2.06. The van der Waals surface area contributed by atoms with Gasteiger partial charge in [-0.25, -0.2) is 9.78 Å². The van der Waals surface area contributed by atoms with Crippen molar-refractivity contribution in [1.29, 1.82) is 0 Å². The molecule has 0 spiro atoms. The number of nitrogens with one attached hydrogen (secondary N) is 2. The molecule has 0 saturated carbocycles. The molecule has 2 aromatic heterocycles. The van der Waals surface area contributed by atoms with Crippen LogP contribution >= 0.6 is 23.1 Å². The second-order valence-electron chi connectivity index (χ2n) is 5.40. The Morgan fingerprint density at radius 2 is 2.24 bits per heavy atom. The van der Waals surface area contributed by atoms with Gasteiger partial charge in [0.05, 0.1) is 23.7 Å². The minimum Gasteiger partial charge on any atom is -0.463 e. The van der Waals surface area contributed by atoms with E-state index in [2.05, 4.69) is 15.3 Å². The Morgan fingerprint density at radius 3 is 2.88 bits per heavy atom. The van der Waals surface area contributed by atoms with E-state index in [1.807, 2.05) is 31.4 Å². The number of aromatic amines is 1. The monoisotopic (exact) mass is 377 g/mol. The summed E-state index contributed by atoms with van der Waals surface area (Å²) < 4.78 is 5.23. The third kappa shape index (κ3) is 3.36. The van der Waals surface area contributed by atoms with Crippen LogP contribution < -0.4 is 10.9 Å². The van der Waals surface area contributed by atoms with Crippen LogP contribution in [-0.4, -0.2) is 28.3 Å². The molecule has 25 heavy (non-hydrogen) atoms. The van der Waals surface area contributed by atoms with Gasteiger partial charge < -0.3 is 15.0 Å². The van der Waals surface area contributed by atoms with Crippen molar-refractivity contribution in [3.8, 4) is 0 Å². The van der Waals surface area contributed by atoms with Crippen molar-refractivity contribution in [3.05, 3.63) is 49.6 Å². The van der Waals surface area contributed by atoms with Gasteiger partial charge in [-0.1, -0.05) is 24.8 Å². The van der Waals surface area contributed by atoms with Crippen molar-refractivity contribution in [2.45, 2.75) is 31.8 Å². The van der Waals surface area contributed by atoms with Gasteiger partial charge in [0.15, 0.2) is 5.16 Å².